The Bertz CT molecular complexity index is 1270. The van der Waals surface area contributed by atoms with Crippen LogP contribution in [0.3, 0.4) is 0 Å². The number of carbonyl (C=O) groups is 3. The van der Waals surface area contributed by atoms with E-state index in [1.807, 2.05) is 6.92 Å². The fourth-order valence-corrected chi connectivity index (χ4v) is 3.10. The van der Waals surface area contributed by atoms with Crippen molar-refractivity contribution in [2.75, 3.05) is 6.54 Å². The Morgan fingerprint density at radius 2 is 1.74 bits per heavy atom. The molecule has 35 heavy (non-hydrogen) atoms. The number of carboxylic acids is 1. The van der Waals surface area contributed by atoms with Crippen LogP contribution in [0.15, 0.2) is 63.8 Å². The maximum Gasteiger partial charge on any atom is 0.336 e. The van der Waals surface area contributed by atoms with Gasteiger partial charge in [-0.05, 0) is 49.6 Å². The summed E-state index contributed by atoms with van der Waals surface area (Å²) >= 11 is 0. The molecule has 184 valence electrons. The highest BCUT2D eigenvalue weighted by Gasteiger charge is 2.20. The topological polar surface area (TPSA) is 202 Å². The van der Waals surface area contributed by atoms with E-state index in [-0.39, 0.29) is 12.4 Å². The molecule has 0 aliphatic carbocycles. The third-order valence-electron chi connectivity index (χ3n) is 4.86. The van der Waals surface area contributed by atoms with Crippen LogP contribution < -0.4 is 27.7 Å². The van der Waals surface area contributed by atoms with Crippen LogP contribution in [-0.4, -0.2) is 41.4 Å². The third kappa shape index (κ3) is 8.31. The summed E-state index contributed by atoms with van der Waals surface area (Å²) in [4.78, 5) is 45.0. The van der Waals surface area contributed by atoms with E-state index in [2.05, 4.69) is 10.6 Å². The first-order chi connectivity index (χ1) is 16.6. The molecule has 8 N–H and O–H groups in total. The molecule has 2 aromatic carbocycles. The van der Waals surface area contributed by atoms with E-state index in [1.54, 1.807) is 42.5 Å². The zero-order valence-corrected chi connectivity index (χ0v) is 19.0. The van der Waals surface area contributed by atoms with Gasteiger partial charge in [0.05, 0.1) is 0 Å². The average Bonchev–Trinajstić information content (AvgIpc) is 2.81. The summed E-state index contributed by atoms with van der Waals surface area (Å²) in [5, 5.41) is 21.9. The second-order valence-corrected chi connectivity index (χ2v) is 7.54. The van der Waals surface area contributed by atoms with Gasteiger partial charge in [0.2, 0.25) is 5.91 Å². The molecular weight excluding hydrogens is 454 g/mol. The molecule has 3 aromatic rings. The lowest BCUT2D eigenvalue weighted by molar-refractivity contribution is -0.139. The Morgan fingerprint density at radius 1 is 1.06 bits per heavy atom. The molecule has 11 heteroatoms. The maximum absolute atomic E-state index is 11.9. The normalized spacial score (nSPS) is 11.0. The molecule has 2 amide bonds. The average molecular weight is 482 g/mol. The van der Waals surface area contributed by atoms with Crippen LogP contribution in [0.5, 0.6) is 0 Å². The van der Waals surface area contributed by atoms with Crippen molar-refractivity contribution in [3.8, 4) is 0 Å². The van der Waals surface area contributed by atoms with E-state index >= 15 is 0 Å². The zero-order valence-electron chi connectivity index (χ0n) is 19.0. The van der Waals surface area contributed by atoms with E-state index in [0.29, 0.717) is 29.7 Å². The van der Waals surface area contributed by atoms with Gasteiger partial charge in [-0.2, -0.15) is 0 Å². The number of fused-ring (bicyclic) bond motifs is 1. The van der Waals surface area contributed by atoms with Crippen LogP contribution in [0.25, 0.3) is 11.0 Å². The number of carbonyl (C=O) groups excluding carboxylic acids is 2. The number of nitrogens with one attached hydrogen (secondary N) is 3. The largest absolute Gasteiger partial charge is 0.480 e. The minimum atomic E-state index is -1.09. The predicted molar refractivity (Wildman–Crippen MR) is 130 cm³/mol. The summed E-state index contributed by atoms with van der Waals surface area (Å²) < 4.78 is 4.97. The van der Waals surface area contributed by atoms with Crippen molar-refractivity contribution in [1.82, 2.24) is 10.6 Å². The van der Waals surface area contributed by atoms with Gasteiger partial charge in [-0.3, -0.25) is 15.0 Å². The van der Waals surface area contributed by atoms with Gasteiger partial charge in [0, 0.05) is 29.1 Å². The number of aryl methyl sites for hydroxylation is 1. The first-order valence-electron chi connectivity index (χ1n) is 10.6. The molecule has 0 spiro atoms. The molecular formula is C24H27N5O6. The van der Waals surface area contributed by atoms with E-state index in [9.17, 15) is 19.2 Å². The van der Waals surface area contributed by atoms with E-state index in [0.717, 1.165) is 10.9 Å². The lowest BCUT2D eigenvalue weighted by Crippen LogP contribution is -2.41. The number of benzene rings is 2. The fourth-order valence-electron chi connectivity index (χ4n) is 3.10. The van der Waals surface area contributed by atoms with Crippen LogP contribution >= 0.6 is 0 Å². The predicted octanol–water partition coefficient (Wildman–Crippen LogP) is 1.33. The summed E-state index contributed by atoms with van der Waals surface area (Å²) in [6.45, 7) is 2.20. The number of rotatable bonds is 8. The Labute approximate surface area is 200 Å². The van der Waals surface area contributed by atoms with Crippen molar-refractivity contribution < 1.29 is 23.9 Å². The minimum Gasteiger partial charge on any atom is -0.480 e. The van der Waals surface area contributed by atoms with Gasteiger partial charge in [-0.15, -0.1) is 0 Å². The number of primary amides is 1. The second-order valence-electron chi connectivity index (χ2n) is 7.54. The number of guanidine groups is 1. The number of hydrogen-bond acceptors (Lipinski definition) is 6. The van der Waals surface area contributed by atoms with Gasteiger partial charge in [0.1, 0.15) is 11.6 Å². The molecule has 1 heterocycles. The van der Waals surface area contributed by atoms with Gasteiger partial charge in [-0.1, -0.05) is 24.3 Å². The standard InChI is InChI=1S/C13H18N4O3.C11H9NO3/c14-13(15)16-8-4-7-10(12(19)20)17-11(18)9-5-2-1-3-6-9;1-6-4-10(13)15-9-5-7(11(12)14)2-3-8(6)9/h1-3,5-6,10H,4,7-8H2,(H,17,18)(H,19,20)(H4,14,15,16);2-5H,1H3,(H2,12,14)/t10-;/m0./s1. The van der Waals surface area contributed by atoms with E-state index in [1.165, 1.54) is 12.1 Å². The molecule has 0 aliphatic rings. The molecule has 0 saturated carbocycles. The van der Waals surface area contributed by atoms with Crippen LogP contribution in [0, 0.1) is 12.3 Å². The maximum atomic E-state index is 11.9. The van der Waals surface area contributed by atoms with Gasteiger partial charge >= 0.3 is 11.6 Å². The molecule has 11 nitrogen and oxygen atoms in total. The lowest BCUT2D eigenvalue weighted by Gasteiger charge is -2.14. The highest BCUT2D eigenvalue weighted by atomic mass is 16.4. The minimum absolute atomic E-state index is 0.162. The second kappa shape index (κ2) is 12.5. The lowest BCUT2D eigenvalue weighted by atomic mass is 10.1. The van der Waals surface area contributed by atoms with Crippen molar-refractivity contribution in [2.24, 2.45) is 11.5 Å². The van der Waals surface area contributed by atoms with Crippen LogP contribution in [0.2, 0.25) is 0 Å². The summed E-state index contributed by atoms with van der Waals surface area (Å²) in [6.07, 6.45) is 0.736. The molecule has 1 aromatic heterocycles. The fraction of sp³-hybridized carbons (Fsp3) is 0.208. The molecule has 0 aliphatic heterocycles. The summed E-state index contributed by atoms with van der Waals surface area (Å²) in [5.74, 6) is -2.21. The Hall–Kier alpha value is -4.67. The van der Waals surface area contributed by atoms with Crippen molar-refractivity contribution in [1.29, 1.82) is 5.41 Å². The summed E-state index contributed by atoms with van der Waals surface area (Å²) in [6, 6.07) is 13.7. The molecule has 1 atom stereocenters. The summed E-state index contributed by atoms with van der Waals surface area (Å²) in [7, 11) is 0. The molecule has 0 radical (unpaired) electrons. The highest BCUT2D eigenvalue weighted by molar-refractivity contribution is 5.97. The molecule has 0 saturated heterocycles. The Balaban J connectivity index is 0.000000256. The number of amides is 2. The number of hydrogen-bond donors (Lipinski definition) is 6. The molecule has 0 fully saturated rings. The van der Waals surface area contributed by atoms with Crippen molar-refractivity contribution in [3.05, 3.63) is 81.7 Å². The molecule has 0 unspecified atom stereocenters. The third-order valence-corrected chi connectivity index (χ3v) is 4.86. The Morgan fingerprint density at radius 3 is 2.34 bits per heavy atom. The van der Waals surface area contributed by atoms with Gasteiger partial charge in [0.25, 0.3) is 5.91 Å². The van der Waals surface area contributed by atoms with Crippen molar-refractivity contribution in [3.63, 3.8) is 0 Å². The van der Waals surface area contributed by atoms with Crippen LogP contribution in [0.1, 0.15) is 39.1 Å². The number of aliphatic carboxylic acids is 1. The quantitative estimate of drug-likeness (QED) is 0.120. The van der Waals surface area contributed by atoms with Crippen molar-refractivity contribution >= 4 is 34.7 Å². The first kappa shape index (κ1) is 26.6. The summed E-state index contributed by atoms with van der Waals surface area (Å²) in [5.41, 5.74) is 11.8. The zero-order chi connectivity index (χ0) is 26.0. The molecule has 0 bridgehead atoms. The Kier molecular flexibility index (Phi) is 9.52. The van der Waals surface area contributed by atoms with E-state index < -0.39 is 29.5 Å². The SMILES string of the molecule is Cc1cc(=O)oc2cc(C(N)=O)ccc12.N=C(N)NCCC[C@H](NC(=O)c1ccccc1)C(=O)O. The van der Waals surface area contributed by atoms with E-state index in [4.69, 9.17) is 26.4 Å². The number of nitrogens with two attached hydrogens (primary N) is 2. The smallest absolute Gasteiger partial charge is 0.336 e. The first-order valence-corrected chi connectivity index (χ1v) is 10.6. The van der Waals surface area contributed by atoms with Gasteiger partial charge in [-0.25, -0.2) is 9.59 Å². The number of carboxylic acid groups (broad SMARTS) is 1. The van der Waals surface area contributed by atoms with Crippen molar-refractivity contribution in [2.45, 2.75) is 25.8 Å². The molecule has 3 rings (SSSR count). The van der Waals surface area contributed by atoms with Gasteiger partial charge < -0.3 is 31.6 Å². The highest BCUT2D eigenvalue weighted by Crippen LogP contribution is 2.17. The van der Waals surface area contributed by atoms with Crippen LogP contribution in [0.4, 0.5) is 0 Å². The van der Waals surface area contributed by atoms with Crippen LogP contribution in [-0.2, 0) is 4.79 Å². The monoisotopic (exact) mass is 481 g/mol. The van der Waals surface area contributed by atoms with Gasteiger partial charge in [0.15, 0.2) is 5.96 Å².